The lowest BCUT2D eigenvalue weighted by atomic mass is 10.1. The summed E-state index contributed by atoms with van der Waals surface area (Å²) < 4.78 is 2.16. The maximum absolute atomic E-state index is 6.16. The van der Waals surface area contributed by atoms with Gasteiger partial charge in [-0.05, 0) is 62.0 Å². The van der Waals surface area contributed by atoms with Gasteiger partial charge in [0.1, 0.15) is 0 Å². The minimum Gasteiger partial charge on any atom is -0.323 e. The third-order valence-electron chi connectivity index (χ3n) is 2.23. The van der Waals surface area contributed by atoms with E-state index in [1.165, 1.54) is 10.4 Å². The van der Waals surface area contributed by atoms with Crippen molar-refractivity contribution < 1.29 is 0 Å². The van der Waals surface area contributed by atoms with E-state index < -0.39 is 0 Å². The molecule has 0 saturated carbocycles. The van der Waals surface area contributed by atoms with Crippen molar-refractivity contribution in [3.05, 3.63) is 49.3 Å². The Hall–Kier alpha value is -0.230. The van der Waals surface area contributed by atoms with Crippen LogP contribution in [0.2, 0.25) is 0 Å². The zero-order valence-electron chi connectivity index (χ0n) is 8.36. The predicted octanol–water partition coefficient (Wildman–Crippen LogP) is 3.91. The fourth-order valence-corrected chi connectivity index (χ4v) is 3.51. The Morgan fingerprint density at radius 3 is 2.56 bits per heavy atom. The number of nitrogens with zero attached hydrogens (tertiary/aromatic N) is 1. The molecule has 0 fully saturated rings. The van der Waals surface area contributed by atoms with Gasteiger partial charge >= 0.3 is 0 Å². The van der Waals surface area contributed by atoms with Crippen LogP contribution in [-0.2, 0) is 6.42 Å². The molecule has 1 atom stereocenters. The van der Waals surface area contributed by atoms with Crippen LogP contribution >= 0.6 is 43.2 Å². The average Bonchev–Trinajstić information content (AvgIpc) is 2.61. The molecule has 2 heterocycles. The van der Waals surface area contributed by atoms with Gasteiger partial charge in [0.15, 0.2) is 0 Å². The molecule has 5 heteroatoms. The quantitative estimate of drug-likeness (QED) is 0.899. The molecule has 1 unspecified atom stereocenters. The molecule has 2 nitrogen and oxygen atoms in total. The number of hydrogen-bond donors (Lipinski definition) is 1. The molecule has 0 saturated heterocycles. The van der Waals surface area contributed by atoms with Crippen molar-refractivity contribution in [3.8, 4) is 0 Å². The molecular formula is C11H10Br2N2S. The molecule has 84 valence electrons. The molecular weight excluding hydrogens is 352 g/mol. The van der Waals surface area contributed by atoms with Crippen molar-refractivity contribution in [1.82, 2.24) is 4.98 Å². The fourth-order valence-electron chi connectivity index (χ4n) is 1.42. The van der Waals surface area contributed by atoms with Gasteiger partial charge in [0, 0.05) is 27.8 Å². The Kier molecular flexibility index (Phi) is 4.13. The van der Waals surface area contributed by atoms with Gasteiger partial charge < -0.3 is 5.73 Å². The first-order valence-corrected chi connectivity index (χ1v) is 7.16. The van der Waals surface area contributed by atoms with Crippen molar-refractivity contribution in [1.29, 1.82) is 0 Å². The van der Waals surface area contributed by atoms with Crippen LogP contribution in [0, 0.1) is 0 Å². The minimum absolute atomic E-state index is 0.0370. The molecule has 0 aliphatic heterocycles. The smallest absolute Gasteiger partial charge is 0.0843 e. The van der Waals surface area contributed by atoms with Crippen molar-refractivity contribution >= 4 is 43.2 Å². The lowest BCUT2D eigenvalue weighted by Crippen LogP contribution is -2.11. The Morgan fingerprint density at radius 1 is 1.31 bits per heavy atom. The lowest BCUT2D eigenvalue weighted by molar-refractivity contribution is 0.735. The number of thiophene rings is 1. The van der Waals surface area contributed by atoms with E-state index in [1.807, 2.05) is 12.1 Å². The lowest BCUT2D eigenvalue weighted by Gasteiger charge is -2.08. The fraction of sp³-hybridized carbons (Fsp3) is 0.182. The number of halogens is 2. The molecule has 0 aliphatic rings. The average molecular weight is 362 g/mol. The first kappa shape index (κ1) is 12.2. The zero-order valence-corrected chi connectivity index (χ0v) is 12.3. The molecule has 2 aromatic rings. The number of pyridine rings is 1. The number of hydrogen-bond acceptors (Lipinski definition) is 3. The maximum Gasteiger partial charge on any atom is 0.0843 e. The Bertz CT molecular complexity index is 451. The summed E-state index contributed by atoms with van der Waals surface area (Å²) in [6.45, 7) is 0. The van der Waals surface area contributed by atoms with Crippen LogP contribution in [0.25, 0.3) is 0 Å². The van der Waals surface area contributed by atoms with Crippen molar-refractivity contribution in [3.63, 3.8) is 0 Å². The van der Waals surface area contributed by atoms with Gasteiger partial charge in [0.05, 0.1) is 3.79 Å². The standard InChI is InChI=1S/C11H10Br2N2S/c12-8-6-10(16-11(8)13)9(14)5-7-1-3-15-4-2-7/h1-4,6,9H,5,14H2. The second kappa shape index (κ2) is 5.40. The Balaban J connectivity index is 2.11. The van der Waals surface area contributed by atoms with Crippen LogP contribution in [0.15, 0.2) is 38.9 Å². The van der Waals surface area contributed by atoms with Crippen LogP contribution in [0.5, 0.6) is 0 Å². The van der Waals surface area contributed by atoms with Crippen LogP contribution in [0.3, 0.4) is 0 Å². The Labute approximate surface area is 115 Å². The first-order chi connectivity index (χ1) is 7.66. The van der Waals surface area contributed by atoms with E-state index in [9.17, 15) is 0 Å². The second-order valence-electron chi connectivity index (χ2n) is 3.44. The summed E-state index contributed by atoms with van der Waals surface area (Å²) >= 11 is 8.61. The van der Waals surface area contributed by atoms with Crippen molar-refractivity contribution in [2.45, 2.75) is 12.5 Å². The van der Waals surface area contributed by atoms with Crippen LogP contribution in [0.4, 0.5) is 0 Å². The van der Waals surface area contributed by atoms with E-state index in [0.29, 0.717) is 0 Å². The highest BCUT2D eigenvalue weighted by atomic mass is 79.9. The molecule has 0 bridgehead atoms. The number of rotatable bonds is 3. The molecule has 2 N–H and O–H groups in total. The van der Waals surface area contributed by atoms with Gasteiger partial charge in [-0.3, -0.25) is 4.98 Å². The third kappa shape index (κ3) is 2.91. The van der Waals surface area contributed by atoms with Crippen molar-refractivity contribution in [2.24, 2.45) is 5.73 Å². The summed E-state index contributed by atoms with van der Waals surface area (Å²) in [5, 5.41) is 0. The van der Waals surface area contributed by atoms with Crippen LogP contribution < -0.4 is 5.73 Å². The molecule has 16 heavy (non-hydrogen) atoms. The summed E-state index contributed by atoms with van der Waals surface area (Å²) in [6.07, 6.45) is 4.42. The summed E-state index contributed by atoms with van der Waals surface area (Å²) in [6, 6.07) is 6.10. The molecule has 0 amide bonds. The molecule has 0 radical (unpaired) electrons. The number of aromatic nitrogens is 1. The highest BCUT2D eigenvalue weighted by molar-refractivity contribution is 9.13. The topological polar surface area (TPSA) is 38.9 Å². The highest BCUT2D eigenvalue weighted by Gasteiger charge is 2.12. The Morgan fingerprint density at radius 2 is 2.00 bits per heavy atom. The van der Waals surface area contributed by atoms with Crippen LogP contribution in [-0.4, -0.2) is 4.98 Å². The predicted molar refractivity (Wildman–Crippen MR) is 74.6 cm³/mol. The zero-order chi connectivity index (χ0) is 11.5. The van der Waals surface area contributed by atoms with E-state index >= 15 is 0 Å². The SMILES string of the molecule is NC(Cc1ccncc1)c1cc(Br)c(Br)s1. The van der Waals surface area contributed by atoms with Gasteiger partial charge in [0.2, 0.25) is 0 Å². The summed E-state index contributed by atoms with van der Waals surface area (Å²) in [4.78, 5) is 5.17. The van der Waals surface area contributed by atoms with Gasteiger partial charge in [-0.2, -0.15) is 0 Å². The molecule has 2 rings (SSSR count). The molecule has 2 aromatic heterocycles. The van der Waals surface area contributed by atoms with E-state index in [-0.39, 0.29) is 6.04 Å². The summed E-state index contributed by atoms with van der Waals surface area (Å²) in [5.74, 6) is 0. The van der Waals surface area contributed by atoms with Crippen LogP contribution in [0.1, 0.15) is 16.5 Å². The molecule has 0 aliphatic carbocycles. The first-order valence-electron chi connectivity index (χ1n) is 4.76. The van der Waals surface area contributed by atoms with E-state index in [2.05, 4.69) is 42.9 Å². The second-order valence-corrected chi connectivity index (χ2v) is 6.69. The summed E-state index contributed by atoms with van der Waals surface area (Å²) in [5.41, 5.74) is 7.37. The van der Waals surface area contributed by atoms with E-state index in [1.54, 1.807) is 23.7 Å². The highest BCUT2D eigenvalue weighted by Crippen LogP contribution is 2.35. The normalized spacial score (nSPS) is 12.7. The van der Waals surface area contributed by atoms with E-state index in [0.717, 1.165) is 14.7 Å². The monoisotopic (exact) mass is 360 g/mol. The van der Waals surface area contributed by atoms with Crippen molar-refractivity contribution in [2.75, 3.05) is 0 Å². The third-order valence-corrected chi connectivity index (χ3v) is 5.62. The van der Waals surface area contributed by atoms with E-state index in [4.69, 9.17) is 5.73 Å². The molecule has 0 spiro atoms. The van der Waals surface area contributed by atoms with Gasteiger partial charge in [-0.1, -0.05) is 0 Å². The maximum atomic E-state index is 6.16. The minimum atomic E-state index is 0.0370. The van der Waals surface area contributed by atoms with Gasteiger partial charge in [-0.15, -0.1) is 11.3 Å². The molecule has 0 aromatic carbocycles. The largest absolute Gasteiger partial charge is 0.323 e. The number of nitrogens with two attached hydrogens (primary N) is 1. The van der Waals surface area contributed by atoms with Gasteiger partial charge in [0.25, 0.3) is 0 Å². The van der Waals surface area contributed by atoms with Gasteiger partial charge in [-0.25, -0.2) is 0 Å². The summed E-state index contributed by atoms with van der Waals surface area (Å²) in [7, 11) is 0.